The Morgan fingerprint density at radius 3 is 2.82 bits per heavy atom. The molecule has 0 aliphatic rings. The number of carbonyl (C=O) groups is 1. The van der Waals surface area contributed by atoms with Crippen LogP contribution in [0.4, 0.5) is 5.69 Å². The third-order valence-corrected chi connectivity index (χ3v) is 3.50. The van der Waals surface area contributed by atoms with E-state index < -0.39 is 0 Å². The van der Waals surface area contributed by atoms with Crippen molar-refractivity contribution < 1.29 is 9.53 Å². The smallest absolute Gasteiger partial charge is 0.277 e. The number of fused-ring (bicyclic) bond motifs is 1. The first-order chi connectivity index (χ1) is 10.7. The first kappa shape index (κ1) is 14.4. The van der Waals surface area contributed by atoms with Crippen LogP contribution in [0.1, 0.15) is 17.4 Å². The molecule has 1 amide bonds. The van der Waals surface area contributed by atoms with Gasteiger partial charge in [0.05, 0.1) is 22.8 Å². The van der Waals surface area contributed by atoms with Crippen molar-refractivity contribution in [2.75, 3.05) is 11.9 Å². The first-order valence-electron chi connectivity index (χ1n) is 6.86. The Kier molecular flexibility index (Phi) is 3.98. The number of ether oxygens (including phenoxy) is 1. The summed E-state index contributed by atoms with van der Waals surface area (Å²) in [4.78, 5) is 12.4. The molecule has 2 heterocycles. The fraction of sp³-hybridized carbons (Fsp3) is 0.125. The van der Waals surface area contributed by atoms with Crippen LogP contribution in [0.15, 0.2) is 48.7 Å². The molecule has 0 saturated heterocycles. The first-order valence-corrected chi connectivity index (χ1v) is 7.24. The zero-order chi connectivity index (χ0) is 15.5. The maximum atomic E-state index is 12.4. The molecule has 0 radical (unpaired) electrons. The second-order valence-corrected chi connectivity index (χ2v) is 4.95. The Bertz CT molecular complexity index is 829. The number of amides is 1. The van der Waals surface area contributed by atoms with E-state index in [1.54, 1.807) is 28.9 Å². The molecule has 2 aromatic heterocycles. The molecule has 0 aliphatic carbocycles. The summed E-state index contributed by atoms with van der Waals surface area (Å²) in [5, 5.41) is 7.33. The lowest BCUT2D eigenvalue weighted by atomic mass is 10.2. The predicted molar refractivity (Wildman–Crippen MR) is 85.8 cm³/mol. The molecule has 0 fully saturated rings. The van der Waals surface area contributed by atoms with Crippen LogP contribution in [-0.2, 0) is 0 Å². The zero-order valence-corrected chi connectivity index (χ0v) is 12.7. The fourth-order valence-electron chi connectivity index (χ4n) is 2.15. The molecule has 1 aromatic carbocycles. The number of nitrogens with one attached hydrogen (secondary N) is 1. The molecule has 22 heavy (non-hydrogen) atoms. The number of rotatable bonds is 4. The molecule has 5 nitrogen and oxygen atoms in total. The average Bonchev–Trinajstić information content (AvgIpc) is 2.87. The van der Waals surface area contributed by atoms with Gasteiger partial charge in [0.15, 0.2) is 5.69 Å². The Balaban J connectivity index is 1.92. The van der Waals surface area contributed by atoms with Crippen molar-refractivity contribution in [2.45, 2.75) is 6.92 Å². The van der Waals surface area contributed by atoms with E-state index in [0.29, 0.717) is 28.6 Å². The van der Waals surface area contributed by atoms with Crippen molar-refractivity contribution in [3.63, 3.8) is 0 Å². The van der Waals surface area contributed by atoms with E-state index in [9.17, 15) is 4.79 Å². The van der Waals surface area contributed by atoms with Gasteiger partial charge >= 0.3 is 0 Å². The van der Waals surface area contributed by atoms with Gasteiger partial charge in [-0.3, -0.25) is 4.79 Å². The number of aromatic nitrogens is 2. The second-order valence-electron chi connectivity index (χ2n) is 4.58. The Morgan fingerprint density at radius 1 is 1.27 bits per heavy atom. The standard InChI is InChI=1S/C16H14ClN3O2/c1-2-22-13-9-4-3-7-11(13)18-16(21)15-14(17)12-8-5-6-10-20(12)19-15/h3-10H,2H2,1H3,(H,18,21). The van der Waals surface area contributed by atoms with Crippen LogP contribution in [0, 0.1) is 0 Å². The minimum Gasteiger partial charge on any atom is -0.492 e. The summed E-state index contributed by atoms with van der Waals surface area (Å²) in [7, 11) is 0. The molecule has 112 valence electrons. The number of anilines is 1. The van der Waals surface area contributed by atoms with Crippen molar-refractivity contribution in [3.05, 3.63) is 59.4 Å². The van der Waals surface area contributed by atoms with Gasteiger partial charge < -0.3 is 10.1 Å². The highest BCUT2D eigenvalue weighted by Gasteiger charge is 2.18. The summed E-state index contributed by atoms with van der Waals surface area (Å²) in [6.45, 7) is 2.40. The van der Waals surface area contributed by atoms with E-state index in [4.69, 9.17) is 16.3 Å². The molecule has 0 aliphatic heterocycles. The van der Waals surface area contributed by atoms with E-state index in [1.807, 2.05) is 31.2 Å². The highest BCUT2D eigenvalue weighted by Crippen LogP contribution is 2.26. The number of hydrogen-bond donors (Lipinski definition) is 1. The molecule has 0 spiro atoms. The van der Waals surface area contributed by atoms with E-state index in [1.165, 1.54) is 0 Å². The van der Waals surface area contributed by atoms with Crippen LogP contribution in [0.25, 0.3) is 5.52 Å². The Labute approximate surface area is 132 Å². The van der Waals surface area contributed by atoms with E-state index in [0.717, 1.165) is 0 Å². The van der Waals surface area contributed by atoms with E-state index >= 15 is 0 Å². The van der Waals surface area contributed by atoms with Gasteiger partial charge in [-0.2, -0.15) is 5.10 Å². The summed E-state index contributed by atoms with van der Waals surface area (Å²) < 4.78 is 7.06. The van der Waals surface area contributed by atoms with E-state index in [2.05, 4.69) is 10.4 Å². The molecule has 1 N–H and O–H groups in total. The molecule has 0 saturated carbocycles. The Hall–Kier alpha value is -2.53. The Morgan fingerprint density at radius 2 is 2.05 bits per heavy atom. The van der Waals surface area contributed by atoms with Gasteiger partial charge in [-0.1, -0.05) is 29.8 Å². The van der Waals surface area contributed by atoms with Crippen LogP contribution in [0.3, 0.4) is 0 Å². The number of halogens is 1. The maximum absolute atomic E-state index is 12.4. The quantitative estimate of drug-likeness (QED) is 0.799. The monoisotopic (exact) mass is 315 g/mol. The van der Waals surface area contributed by atoms with Gasteiger partial charge in [0.2, 0.25) is 0 Å². The van der Waals surface area contributed by atoms with Crippen molar-refractivity contribution in [1.82, 2.24) is 9.61 Å². The number of carbonyl (C=O) groups excluding carboxylic acids is 1. The maximum Gasteiger partial charge on any atom is 0.277 e. The van der Waals surface area contributed by atoms with E-state index in [-0.39, 0.29) is 11.6 Å². The largest absolute Gasteiger partial charge is 0.492 e. The highest BCUT2D eigenvalue weighted by atomic mass is 35.5. The van der Waals surface area contributed by atoms with Crippen LogP contribution >= 0.6 is 11.6 Å². The minimum atomic E-state index is -0.374. The van der Waals surface area contributed by atoms with Gasteiger partial charge in [0.1, 0.15) is 5.75 Å². The molecular weight excluding hydrogens is 302 g/mol. The number of pyridine rings is 1. The number of benzene rings is 1. The molecule has 0 atom stereocenters. The fourth-order valence-corrected chi connectivity index (χ4v) is 2.42. The SMILES string of the molecule is CCOc1ccccc1NC(=O)c1nn2ccccc2c1Cl. The number of para-hydroxylation sites is 2. The summed E-state index contributed by atoms with van der Waals surface area (Å²) in [5.74, 6) is 0.235. The third-order valence-electron chi connectivity index (χ3n) is 3.13. The molecule has 3 rings (SSSR count). The van der Waals surface area contributed by atoms with Gasteiger partial charge in [0, 0.05) is 6.20 Å². The van der Waals surface area contributed by atoms with Crippen LogP contribution in [0.2, 0.25) is 5.02 Å². The van der Waals surface area contributed by atoms with Gasteiger partial charge in [-0.05, 0) is 31.2 Å². The minimum absolute atomic E-state index is 0.180. The molecule has 3 aromatic rings. The molecular formula is C16H14ClN3O2. The number of hydrogen-bond acceptors (Lipinski definition) is 3. The average molecular weight is 316 g/mol. The van der Waals surface area contributed by atoms with Crippen molar-refractivity contribution in [1.29, 1.82) is 0 Å². The van der Waals surface area contributed by atoms with Crippen molar-refractivity contribution >= 4 is 28.7 Å². The molecule has 0 bridgehead atoms. The summed E-state index contributed by atoms with van der Waals surface area (Å²) in [6.07, 6.45) is 1.74. The van der Waals surface area contributed by atoms with Crippen molar-refractivity contribution in [2.24, 2.45) is 0 Å². The highest BCUT2D eigenvalue weighted by molar-refractivity contribution is 6.37. The summed E-state index contributed by atoms with van der Waals surface area (Å²) in [6, 6.07) is 12.7. The lowest BCUT2D eigenvalue weighted by Crippen LogP contribution is -2.14. The zero-order valence-electron chi connectivity index (χ0n) is 11.9. The third kappa shape index (κ3) is 2.63. The predicted octanol–water partition coefficient (Wildman–Crippen LogP) is 3.64. The van der Waals surface area contributed by atoms with Crippen LogP contribution in [-0.4, -0.2) is 22.1 Å². The van der Waals surface area contributed by atoms with Gasteiger partial charge in [-0.25, -0.2) is 4.52 Å². The van der Waals surface area contributed by atoms with Gasteiger partial charge in [0.25, 0.3) is 5.91 Å². The lowest BCUT2D eigenvalue weighted by molar-refractivity contribution is 0.102. The van der Waals surface area contributed by atoms with Crippen molar-refractivity contribution in [3.8, 4) is 5.75 Å². The molecule has 6 heteroatoms. The topological polar surface area (TPSA) is 55.6 Å². The van der Waals surface area contributed by atoms with Crippen LogP contribution in [0.5, 0.6) is 5.75 Å². The lowest BCUT2D eigenvalue weighted by Gasteiger charge is -2.10. The molecule has 0 unspecified atom stereocenters. The number of nitrogens with zero attached hydrogens (tertiary/aromatic N) is 2. The normalized spacial score (nSPS) is 10.6. The second kappa shape index (κ2) is 6.07. The van der Waals surface area contributed by atoms with Gasteiger partial charge in [-0.15, -0.1) is 0 Å². The summed E-state index contributed by atoms with van der Waals surface area (Å²) in [5.41, 5.74) is 1.45. The summed E-state index contributed by atoms with van der Waals surface area (Å²) >= 11 is 6.24. The van der Waals surface area contributed by atoms with Crippen LogP contribution < -0.4 is 10.1 Å².